The van der Waals surface area contributed by atoms with Crippen molar-refractivity contribution >= 4 is 0 Å². The summed E-state index contributed by atoms with van der Waals surface area (Å²) in [5.41, 5.74) is 9.44. The molecule has 4 heteroatoms. The SMILES string of the molecule is Cc1cc(-c2ccccc2)n(CCN(C)C)c(=O)c1CN. The van der Waals surface area contributed by atoms with Gasteiger partial charge in [0.15, 0.2) is 0 Å². The third-order valence-electron chi connectivity index (χ3n) is 3.67. The van der Waals surface area contributed by atoms with Crippen molar-refractivity contribution in [2.24, 2.45) is 5.73 Å². The number of nitrogens with zero attached hydrogens (tertiary/aromatic N) is 2. The Bertz CT molecular complexity index is 660. The second kappa shape index (κ2) is 6.70. The van der Waals surface area contributed by atoms with Crippen LogP contribution in [0.25, 0.3) is 11.3 Å². The van der Waals surface area contributed by atoms with Crippen molar-refractivity contribution in [2.45, 2.75) is 20.0 Å². The molecule has 0 aliphatic heterocycles. The Morgan fingerprint density at radius 1 is 1.19 bits per heavy atom. The van der Waals surface area contributed by atoms with Gasteiger partial charge in [0.05, 0.1) is 5.69 Å². The maximum absolute atomic E-state index is 12.7. The summed E-state index contributed by atoms with van der Waals surface area (Å²) in [5.74, 6) is 0. The van der Waals surface area contributed by atoms with E-state index in [-0.39, 0.29) is 12.1 Å². The third-order valence-corrected chi connectivity index (χ3v) is 3.67. The second-order valence-electron chi connectivity index (χ2n) is 5.52. The first-order chi connectivity index (χ1) is 10.0. The van der Waals surface area contributed by atoms with Crippen LogP contribution in [0.1, 0.15) is 11.1 Å². The van der Waals surface area contributed by atoms with Crippen LogP contribution in [0.15, 0.2) is 41.2 Å². The average molecular weight is 285 g/mol. The average Bonchev–Trinajstić information content (AvgIpc) is 2.47. The first-order valence-electron chi connectivity index (χ1n) is 7.18. The minimum Gasteiger partial charge on any atom is -0.326 e. The van der Waals surface area contributed by atoms with E-state index in [4.69, 9.17) is 5.73 Å². The second-order valence-corrected chi connectivity index (χ2v) is 5.52. The number of nitrogens with two attached hydrogens (primary N) is 1. The van der Waals surface area contributed by atoms with Gasteiger partial charge in [-0.05, 0) is 38.2 Å². The van der Waals surface area contributed by atoms with Gasteiger partial charge in [-0.2, -0.15) is 0 Å². The standard InChI is InChI=1S/C17H23N3O/c1-13-11-16(14-7-5-4-6-8-14)20(10-9-19(2)3)17(21)15(13)12-18/h4-8,11H,9-10,12,18H2,1-3H3. The zero-order chi connectivity index (χ0) is 15.4. The number of benzene rings is 1. The molecule has 1 heterocycles. The summed E-state index contributed by atoms with van der Waals surface area (Å²) in [4.78, 5) is 14.8. The van der Waals surface area contributed by atoms with Gasteiger partial charge in [-0.15, -0.1) is 0 Å². The highest BCUT2D eigenvalue weighted by molar-refractivity contribution is 5.61. The Morgan fingerprint density at radius 2 is 1.86 bits per heavy atom. The van der Waals surface area contributed by atoms with Gasteiger partial charge in [0.25, 0.3) is 5.56 Å². The normalized spacial score (nSPS) is 11.1. The van der Waals surface area contributed by atoms with Gasteiger partial charge >= 0.3 is 0 Å². The largest absolute Gasteiger partial charge is 0.326 e. The van der Waals surface area contributed by atoms with E-state index in [0.29, 0.717) is 12.1 Å². The van der Waals surface area contributed by atoms with E-state index in [1.165, 1.54) is 0 Å². The molecule has 0 saturated carbocycles. The van der Waals surface area contributed by atoms with E-state index in [1.54, 1.807) is 0 Å². The summed E-state index contributed by atoms with van der Waals surface area (Å²) < 4.78 is 1.84. The summed E-state index contributed by atoms with van der Waals surface area (Å²) in [6, 6.07) is 12.1. The quantitative estimate of drug-likeness (QED) is 0.912. The molecule has 0 radical (unpaired) electrons. The lowest BCUT2D eigenvalue weighted by molar-refractivity contribution is 0.381. The summed E-state index contributed by atoms with van der Waals surface area (Å²) in [5, 5.41) is 0. The first-order valence-corrected chi connectivity index (χ1v) is 7.18. The van der Waals surface area contributed by atoms with Crippen molar-refractivity contribution in [2.75, 3.05) is 20.6 Å². The van der Waals surface area contributed by atoms with E-state index in [0.717, 1.165) is 23.4 Å². The van der Waals surface area contributed by atoms with Gasteiger partial charge in [-0.3, -0.25) is 4.79 Å². The van der Waals surface area contributed by atoms with E-state index < -0.39 is 0 Å². The van der Waals surface area contributed by atoms with Gasteiger partial charge in [0.1, 0.15) is 0 Å². The number of hydrogen-bond donors (Lipinski definition) is 1. The third kappa shape index (κ3) is 3.40. The molecule has 1 aromatic heterocycles. The number of aryl methyl sites for hydroxylation is 1. The van der Waals surface area contributed by atoms with Gasteiger partial charge in [0, 0.05) is 25.2 Å². The maximum Gasteiger partial charge on any atom is 0.255 e. The fraction of sp³-hybridized carbons (Fsp3) is 0.353. The Balaban J connectivity index is 2.60. The summed E-state index contributed by atoms with van der Waals surface area (Å²) in [6.45, 7) is 3.70. The Hall–Kier alpha value is -1.91. The predicted octanol–water partition coefficient (Wildman–Crippen LogP) is 1.84. The van der Waals surface area contributed by atoms with Crippen LogP contribution < -0.4 is 11.3 Å². The van der Waals surface area contributed by atoms with Crippen LogP contribution in [-0.4, -0.2) is 30.1 Å². The van der Waals surface area contributed by atoms with Crippen LogP contribution in [-0.2, 0) is 13.1 Å². The zero-order valence-corrected chi connectivity index (χ0v) is 13.0. The smallest absolute Gasteiger partial charge is 0.255 e. The fourth-order valence-electron chi connectivity index (χ4n) is 2.43. The Kier molecular flexibility index (Phi) is 4.94. The first kappa shape index (κ1) is 15.5. The van der Waals surface area contributed by atoms with Crippen molar-refractivity contribution in [1.82, 2.24) is 9.47 Å². The molecule has 0 fully saturated rings. The van der Waals surface area contributed by atoms with Crippen LogP contribution in [0.4, 0.5) is 0 Å². The highest BCUT2D eigenvalue weighted by Gasteiger charge is 2.12. The molecule has 0 amide bonds. The van der Waals surface area contributed by atoms with Crippen molar-refractivity contribution in [3.63, 3.8) is 0 Å². The Morgan fingerprint density at radius 3 is 2.43 bits per heavy atom. The van der Waals surface area contributed by atoms with Crippen LogP contribution in [0.2, 0.25) is 0 Å². The summed E-state index contributed by atoms with van der Waals surface area (Å²) in [7, 11) is 4.01. The lowest BCUT2D eigenvalue weighted by Gasteiger charge is -2.18. The summed E-state index contributed by atoms with van der Waals surface area (Å²) >= 11 is 0. The molecule has 0 atom stereocenters. The van der Waals surface area contributed by atoms with Crippen molar-refractivity contribution in [3.05, 3.63) is 57.9 Å². The number of hydrogen-bond acceptors (Lipinski definition) is 3. The number of rotatable bonds is 5. The maximum atomic E-state index is 12.7. The molecule has 2 N–H and O–H groups in total. The lowest BCUT2D eigenvalue weighted by Crippen LogP contribution is -2.31. The minimum atomic E-state index is 0.0261. The van der Waals surface area contributed by atoms with Crippen LogP contribution in [0.5, 0.6) is 0 Å². The van der Waals surface area contributed by atoms with E-state index in [1.807, 2.05) is 55.9 Å². The van der Waals surface area contributed by atoms with E-state index in [2.05, 4.69) is 11.0 Å². The van der Waals surface area contributed by atoms with Gasteiger partial charge in [0.2, 0.25) is 0 Å². The molecule has 0 spiro atoms. The van der Waals surface area contributed by atoms with Crippen LogP contribution in [0.3, 0.4) is 0 Å². The number of pyridine rings is 1. The van der Waals surface area contributed by atoms with Gasteiger partial charge < -0.3 is 15.2 Å². The molecule has 112 valence electrons. The molecule has 1 aromatic carbocycles. The van der Waals surface area contributed by atoms with Crippen LogP contribution >= 0.6 is 0 Å². The molecule has 4 nitrogen and oxygen atoms in total. The fourth-order valence-corrected chi connectivity index (χ4v) is 2.43. The monoisotopic (exact) mass is 285 g/mol. The van der Waals surface area contributed by atoms with Crippen molar-refractivity contribution < 1.29 is 0 Å². The highest BCUT2D eigenvalue weighted by atomic mass is 16.1. The summed E-state index contributed by atoms with van der Waals surface area (Å²) in [6.07, 6.45) is 0. The molecule has 0 aliphatic carbocycles. The number of aromatic nitrogens is 1. The molecular weight excluding hydrogens is 262 g/mol. The highest BCUT2D eigenvalue weighted by Crippen LogP contribution is 2.20. The van der Waals surface area contributed by atoms with Gasteiger partial charge in [-0.1, -0.05) is 30.3 Å². The molecule has 0 aliphatic rings. The molecule has 2 rings (SSSR count). The molecule has 0 saturated heterocycles. The zero-order valence-electron chi connectivity index (χ0n) is 13.0. The molecule has 0 unspecified atom stereocenters. The van der Waals surface area contributed by atoms with Crippen molar-refractivity contribution in [1.29, 1.82) is 0 Å². The topological polar surface area (TPSA) is 51.3 Å². The predicted molar refractivity (Wildman–Crippen MR) is 87.3 cm³/mol. The minimum absolute atomic E-state index is 0.0261. The molecule has 21 heavy (non-hydrogen) atoms. The van der Waals surface area contributed by atoms with Crippen molar-refractivity contribution in [3.8, 4) is 11.3 Å². The number of likely N-dealkylation sites (N-methyl/N-ethyl adjacent to an activating group) is 1. The molecule has 0 bridgehead atoms. The lowest BCUT2D eigenvalue weighted by atomic mass is 10.0. The van der Waals surface area contributed by atoms with E-state index in [9.17, 15) is 4.79 Å². The molecular formula is C17H23N3O. The van der Waals surface area contributed by atoms with E-state index >= 15 is 0 Å². The Labute approximate surface area is 125 Å². The van der Waals surface area contributed by atoms with Crippen LogP contribution in [0, 0.1) is 6.92 Å². The van der Waals surface area contributed by atoms with Gasteiger partial charge in [-0.25, -0.2) is 0 Å². The molecule has 2 aromatic rings.